The zero-order chi connectivity index (χ0) is 14.3. The Labute approximate surface area is 122 Å². The van der Waals surface area contributed by atoms with Crippen LogP contribution in [0.4, 0.5) is 0 Å². The maximum absolute atomic E-state index is 12.0. The average Bonchev–Trinajstić information content (AvgIpc) is 2.76. The molecule has 0 aliphatic heterocycles. The minimum Gasteiger partial charge on any atom is -0.465 e. The molecule has 7 heteroatoms. The lowest BCUT2D eigenvalue weighted by atomic mass is 9.99. The van der Waals surface area contributed by atoms with Gasteiger partial charge in [0.2, 0.25) is 0 Å². The number of ether oxygens (including phenoxy) is 1. The first-order valence-corrected chi connectivity index (χ1v) is 8.13. The second-order valence-corrected chi connectivity index (χ2v) is 6.38. The lowest BCUT2D eigenvalue weighted by Crippen LogP contribution is -2.50. The van der Waals surface area contributed by atoms with Crippen molar-refractivity contribution in [2.45, 2.75) is 44.0 Å². The third kappa shape index (κ3) is 5.08. The SMILES string of the molecule is CCNC(C)(CCSc1nc(C)ns1)C(=O)OCC. The van der Waals surface area contributed by atoms with Crippen LogP contribution in [0.1, 0.15) is 33.0 Å². The van der Waals surface area contributed by atoms with Crippen LogP contribution in [0.3, 0.4) is 0 Å². The van der Waals surface area contributed by atoms with Gasteiger partial charge in [0.1, 0.15) is 11.4 Å². The van der Waals surface area contributed by atoms with Crippen molar-refractivity contribution in [3.05, 3.63) is 5.82 Å². The summed E-state index contributed by atoms with van der Waals surface area (Å²) in [5.41, 5.74) is -0.627. The highest BCUT2D eigenvalue weighted by Gasteiger charge is 2.33. The summed E-state index contributed by atoms with van der Waals surface area (Å²) < 4.78 is 10.2. The van der Waals surface area contributed by atoms with Gasteiger partial charge in [0.05, 0.1) is 6.61 Å². The Balaban J connectivity index is 2.51. The van der Waals surface area contributed by atoms with E-state index in [0.29, 0.717) is 13.0 Å². The van der Waals surface area contributed by atoms with Crippen LogP contribution in [0.2, 0.25) is 0 Å². The number of hydrogen-bond acceptors (Lipinski definition) is 7. The number of thioether (sulfide) groups is 1. The molecule has 0 saturated heterocycles. The Bertz CT molecular complexity index is 411. The predicted molar refractivity (Wildman–Crippen MR) is 78.7 cm³/mol. The summed E-state index contributed by atoms with van der Waals surface area (Å²) in [6, 6.07) is 0. The van der Waals surface area contributed by atoms with E-state index in [1.807, 2.05) is 27.7 Å². The first-order valence-electron chi connectivity index (χ1n) is 6.37. The molecule has 0 aliphatic carbocycles. The number of nitrogens with zero attached hydrogens (tertiary/aromatic N) is 2. The van der Waals surface area contributed by atoms with Gasteiger partial charge in [0.15, 0.2) is 4.34 Å². The molecule has 5 nitrogen and oxygen atoms in total. The molecule has 0 radical (unpaired) electrons. The van der Waals surface area contributed by atoms with Gasteiger partial charge < -0.3 is 10.1 Å². The number of nitrogens with one attached hydrogen (secondary N) is 1. The third-order valence-electron chi connectivity index (χ3n) is 2.63. The highest BCUT2D eigenvalue weighted by molar-refractivity contribution is 8.00. The largest absolute Gasteiger partial charge is 0.465 e. The van der Waals surface area contributed by atoms with Gasteiger partial charge in [0.25, 0.3) is 0 Å². The summed E-state index contributed by atoms with van der Waals surface area (Å²) in [6.45, 7) is 8.71. The number of hydrogen-bond donors (Lipinski definition) is 1. The normalized spacial score (nSPS) is 14.1. The average molecular weight is 303 g/mol. The van der Waals surface area contributed by atoms with E-state index < -0.39 is 5.54 Å². The maximum atomic E-state index is 12.0. The van der Waals surface area contributed by atoms with Crippen molar-refractivity contribution in [1.82, 2.24) is 14.7 Å². The molecule has 0 amide bonds. The van der Waals surface area contributed by atoms with Gasteiger partial charge in [0, 0.05) is 5.75 Å². The number of aromatic nitrogens is 2. The summed E-state index contributed by atoms with van der Waals surface area (Å²) in [5, 5.41) is 3.21. The van der Waals surface area contributed by atoms with E-state index >= 15 is 0 Å². The van der Waals surface area contributed by atoms with Gasteiger partial charge in [-0.05, 0) is 45.3 Å². The number of carbonyl (C=O) groups excluding carboxylic acids is 1. The van der Waals surface area contributed by atoms with Crippen molar-refractivity contribution in [1.29, 1.82) is 0 Å². The lowest BCUT2D eigenvalue weighted by Gasteiger charge is -2.27. The van der Waals surface area contributed by atoms with Gasteiger partial charge in [-0.2, -0.15) is 4.37 Å². The molecule has 0 saturated carbocycles. The molecule has 1 aromatic rings. The standard InChI is InChI=1S/C12H21N3O2S2/c1-5-13-12(4,10(16)17-6-2)7-8-18-11-14-9(3)15-19-11/h13H,5-8H2,1-4H3. The van der Waals surface area contributed by atoms with E-state index in [2.05, 4.69) is 14.7 Å². The van der Waals surface area contributed by atoms with E-state index in [1.54, 1.807) is 11.8 Å². The van der Waals surface area contributed by atoms with E-state index in [0.717, 1.165) is 22.5 Å². The van der Waals surface area contributed by atoms with Crippen molar-refractivity contribution >= 4 is 29.3 Å². The van der Waals surface area contributed by atoms with Gasteiger partial charge in [-0.15, -0.1) is 0 Å². The van der Waals surface area contributed by atoms with Crippen LogP contribution in [0, 0.1) is 6.92 Å². The molecule has 0 bridgehead atoms. The molecular formula is C12H21N3O2S2. The summed E-state index contributed by atoms with van der Waals surface area (Å²) in [4.78, 5) is 16.3. The fourth-order valence-electron chi connectivity index (χ4n) is 1.62. The molecule has 0 fully saturated rings. The van der Waals surface area contributed by atoms with Crippen molar-refractivity contribution in [2.24, 2.45) is 0 Å². The molecule has 1 rings (SSSR count). The number of rotatable bonds is 8. The molecule has 1 atom stereocenters. The summed E-state index contributed by atoms with van der Waals surface area (Å²) in [7, 11) is 0. The molecule has 19 heavy (non-hydrogen) atoms. The van der Waals surface area contributed by atoms with Crippen LogP contribution >= 0.6 is 23.3 Å². The van der Waals surface area contributed by atoms with Crippen molar-refractivity contribution in [3.8, 4) is 0 Å². The van der Waals surface area contributed by atoms with E-state index in [-0.39, 0.29) is 5.97 Å². The topological polar surface area (TPSA) is 64.1 Å². The fraction of sp³-hybridized carbons (Fsp3) is 0.750. The molecule has 0 aromatic carbocycles. The molecule has 1 unspecified atom stereocenters. The van der Waals surface area contributed by atoms with Crippen LogP contribution in [-0.4, -0.2) is 39.8 Å². The van der Waals surface area contributed by atoms with Crippen molar-refractivity contribution in [3.63, 3.8) is 0 Å². The van der Waals surface area contributed by atoms with Crippen LogP contribution in [-0.2, 0) is 9.53 Å². The molecular weight excluding hydrogens is 282 g/mol. The Kier molecular flexibility index (Phi) is 6.74. The molecule has 0 aliphatic rings. The zero-order valence-corrected chi connectivity index (χ0v) is 13.5. The lowest BCUT2D eigenvalue weighted by molar-refractivity contribution is -0.150. The number of aryl methyl sites for hydroxylation is 1. The smallest absolute Gasteiger partial charge is 0.326 e. The van der Waals surface area contributed by atoms with Gasteiger partial charge in [-0.1, -0.05) is 18.7 Å². The molecule has 0 spiro atoms. The number of likely N-dealkylation sites (N-methyl/N-ethyl adjacent to an activating group) is 1. The van der Waals surface area contributed by atoms with E-state index in [9.17, 15) is 4.79 Å². The van der Waals surface area contributed by atoms with Crippen molar-refractivity contribution < 1.29 is 9.53 Å². The molecule has 108 valence electrons. The Morgan fingerprint density at radius 1 is 1.53 bits per heavy atom. The van der Waals surface area contributed by atoms with Crippen LogP contribution < -0.4 is 5.32 Å². The van der Waals surface area contributed by atoms with Gasteiger partial charge in [-0.25, -0.2) is 4.98 Å². The molecule has 1 N–H and O–H groups in total. The highest BCUT2D eigenvalue weighted by atomic mass is 32.2. The first kappa shape index (κ1) is 16.4. The zero-order valence-electron chi connectivity index (χ0n) is 11.9. The minimum atomic E-state index is -0.627. The molecule has 1 aromatic heterocycles. The number of carbonyl (C=O) groups is 1. The first-order chi connectivity index (χ1) is 9.01. The molecule has 1 heterocycles. The quantitative estimate of drug-likeness (QED) is 0.587. The second kappa shape index (κ2) is 7.81. The summed E-state index contributed by atoms with van der Waals surface area (Å²) >= 11 is 3.02. The second-order valence-electron chi connectivity index (χ2n) is 4.29. The highest BCUT2D eigenvalue weighted by Crippen LogP contribution is 2.24. The Hall–Kier alpha value is -0.660. The van der Waals surface area contributed by atoms with E-state index in [1.165, 1.54) is 11.5 Å². The van der Waals surface area contributed by atoms with Crippen LogP contribution in [0.15, 0.2) is 4.34 Å². The Morgan fingerprint density at radius 3 is 2.79 bits per heavy atom. The summed E-state index contributed by atoms with van der Waals surface area (Å²) in [6.07, 6.45) is 0.697. The van der Waals surface area contributed by atoms with Gasteiger partial charge in [-0.3, -0.25) is 4.79 Å². The third-order valence-corrected chi connectivity index (χ3v) is 4.56. The Morgan fingerprint density at radius 2 is 2.26 bits per heavy atom. The maximum Gasteiger partial charge on any atom is 0.326 e. The summed E-state index contributed by atoms with van der Waals surface area (Å²) in [5.74, 6) is 1.41. The fourth-order valence-corrected chi connectivity index (χ4v) is 3.50. The monoisotopic (exact) mass is 303 g/mol. The van der Waals surface area contributed by atoms with Crippen LogP contribution in [0.25, 0.3) is 0 Å². The van der Waals surface area contributed by atoms with Crippen LogP contribution in [0.5, 0.6) is 0 Å². The predicted octanol–water partition coefficient (Wildman–Crippen LogP) is 2.26. The van der Waals surface area contributed by atoms with Gasteiger partial charge >= 0.3 is 5.97 Å². The number of esters is 1. The van der Waals surface area contributed by atoms with E-state index in [4.69, 9.17) is 4.74 Å². The minimum absolute atomic E-state index is 0.189. The van der Waals surface area contributed by atoms with Crippen molar-refractivity contribution in [2.75, 3.05) is 18.9 Å².